The second kappa shape index (κ2) is 8.70. The molecular weight excluding hydrogens is 360 g/mol. The topological polar surface area (TPSA) is 101 Å². The molecule has 1 aliphatic heterocycles. The maximum Gasteiger partial charge on any atom is 0.312 e. The van der Waals surface area contributed by atoms with Crippen molar-refractivity contribution in [1.29, 1.82) is 0 Å². The number of carbonyl (C=O) groups is 1. The lowest BCUT2D eigenvalue weighted by atomic mass is 9.73. The molecule has 0 saturated carbocycles. The molecule has 2 aromatic rings. The van der Waals surface area contributed by atoms with E-state index in [9.17, 15) is 15.0 Å². The summed E-state index contributed by atoms with van der Waals surface area (Å²) in [5.41, 5.74) is 1.05. The van der Waals surface area contributed by atoms with Gasteiger partial charge >= 0.3 is 5.97 Å². The summed E-state index contributed by atoms with van der Waals surface area (Å²) in [7, 11) is 1.64. The van der Waals surface area contributed by atoms with Gasteiger partial charge in [0.15, 0.2) is 0 Å². The number of aliphatic hydroxyl groups is 1. The number of aliphatic carboxylic acids is 1. The van der Waals surface area contributed by atoms with Crippen LogP contribution in [0.15, 0.2) is 30.9 Å². The van der Waals surface area contributed by atoms with Crippen molar-refractivity contribution < 1.29 is 19.7 Å². The first-order chi connectivity index (χ1) is 13.5. The highest BCUT2D eigenvalue weighted by Crippen LogP contribution is 2.37. The molecule has 0 spiro atoms. The number of methoxy groups -OCH3 is 1. The lowest BCUT2D eigenvalue weighted by molar-refractivity contribution is -0.164. The van der Waals surface area contributed by atoms with Crippen LogP contribution >= 0.6 is 0 Å². The van der Waals surface area contributed by atoms with Crippen LogP contribution < -0.4 is 4.74 Å². The van der Waals surface area contributed by atoms with Crippen LogP contribution in [0, 0.1) is 5.41 Å². The highest BCUT2D eigenvalue weighted by Gasteiger charge is 2.47. The Morgan fingerprint density at radius 1 is 1.39 bits per heavy atom. The summed E-state index contributed by atoms with van der Waals surface area (Å²) in [6.45, 7) is 4.16. The molecule has 1 aliphatic rings. The van der Waals surface area contributed by atoms with Crippen LogP contribution in [0.5, 0.6) is 5.75 Å². The molecule has 0 unspecified atom stereocenters. The average molecular weight is 388 g/mol. The zero-order valence-corrected chi connectivity index (χ0v) is 16.4. The minimum absolute atomic E-state index is 0.358. The number of aromatic nitrogens is 3. The Morgan fingerprint density at radius 2 is 2.21 bits per heavy atom. The summed E-state index contributed by atoms with van der Waals surface area (Å²) in [6.07, 6.45) is 3.99. The van der Waals surface area contributed by atoms with Crippen LogP contribution in [0.4, 0.5) is 0 Å². The highest BCUT2D eigenvalue weighted by molar-refractivity contribution is 5.75. The maximum atomic E-state index is 11.8. The van der Waals surface area contributed by atoms with Crippen LogP contribution in [0.1, 0.15) is 37.3 Å². The van der Waals surface area contributed by atoms with Crippen molar-refractivity contribution in [3.05, 3.63) is 42.0 Å². The van der Waals surface area contributed by atoms with Gasteiger partial charge in [-0.3, -0.25) is 9.69 Å². The van der Waals surface area contributed by atoms with E-state index in [-0.39, 0.29) is 0 Å². The molecule has 28 heavy (non-hydrogen) atoms. The van der Waals surface area contributed by atoms with Gasteiger partial charge in [-0.1, -0.05) is 19.4 Å². The summed E-state index contributed by atoms with van der Waals surface area (Å²) >= 11 is 0. The van der Waals surface area contributed by atoms with E-state index in [2.05, 4.69) is 21.0 Å². The number of benzene rings is 1. The Kier molecular flexibility index (Phi) is 6.31. The molecule has 0 bridgehead atoms. The Balaban J connectivity index is 1.71. The number of ether oxygens (including phenoxy) is 1. The quantitative estimate of drug-likeness (QED) is 0.711. The molecule has 8 heteroatoms. The molecule has 0 radical (unpaired) electrons. The molecule has 2 atom stereocenters. The number of piperidine rings is 1. The van der Waals surface area contributed by atoms with E-state index in [4.69, 9.17) is 4.74 Å². The summed E-state index contributed by atoms with van der Waals surface area (Å²) in [5, 5.41) is 24.4. The SMILES string of the molecule is CCC[C@]1(C(=O)O)CCN(Cc2ccc(OC)c(Cn3cncn3)c2)C[C@H]1O. The third kappa shape index (κ3) is 4.18. The van der Waals surface area contributed by atoms with Crippen LogP contribution in [-0.4, -0.2) is 62.2 Å². The molecule has 1 saturated heterocycles. The molecule has 3 rings (SSSR count). The van der Waals surface area contributed by atoms with Crippen molar-refractivity contribution in [2.45, 2.75) is 45.4 Å². The molecule has 8 nitrogen and oxygen atoms in total. The molecule has 2 heterocycles. The van der Waals surface area contributed by atoms with Crippen LogP contribution in [0.2, 0.25) is 0 Å². The Morgan fingerprint density at radius 3 is 2.82 bits per heavy atom. The largest absolute Gasteiger partial charge is 0.496 e. The minimum Gasteiger partial charge on any atom is -0.496 e. The standard InChI is InChI=1S/C20H28N4O4/c1-3-6-20(19(26)27)7-8-23(12-18(20)25)10-15-4-5-17(28-2)16(9-15)11-24-14-21-13-22-24/h4-5,9,13-14,18,25H,3,6-8,10-12H2,1-2H3,(H,26,27)/t18-,20+/m1/s1. The highest BCUT2D eigenvalue weighted by atomic mass is 16.5. The van der Waals surface area contributed by atoms with Gasteiger partial charge < -0.3 is 14.9 Å². The normalized spacial score (nSPS) is 22.9. The minimum atomic E-state index is -1.02. The van der Waals surface area contributed by atoms with Gasteiger partial charge in [0.25, 0.3) is 0 Å². The van der Waals surface area contributed by atoms with E-state index in [1.807, 2.05) is 19.1 Å². The lowest BCUT2D eigenvalue weighted by Gasteiger charge is -2.42. The van der Waals surface area contributed by atoms with Crippen LogP contribution in [0.3, 0.4) is 0 Å². The van der Waals surface area contributed by atoms with Gasteiger partial charge in [0, 0.05) is 18.7 Å². The fraction of sp³-hybridized carbons (Fsp3) is 0.550. The molecule has 152 valence electrons. The summed E-state index contributed by atoms with van der Waals surface area (Å²) in [6, 6.07) is 6.00. The first-order valence-electron chi connectivity index (χ1n) is 9.60. The van der Waals surface area contributed by atoms with Crippen LogP contribution in [-0.2, 0) is 17.9 Å². The molecule has 0 amide bonds. The number of carboxylic acids is 1. The Labute approximate surface area is 164 Å². The predicted octanol–water partition coefficient (Wildman–Crippen LogP) is 1.77. The molecular formula is C20H28N4O4. The zero-order chi connectivity index (χ0) is 20.1. The second-order valence-electron chi connectivity index (χ2n) is 7.45. The van der Waals surface area contributed by atoms with E-state index >= 15 is 0 Å². The third-order valence-corrected chi connectivity index (χ3v) is 5.62. The van der Waals surface area contributed by atoms with E-state index in [1.54, 1.807) is 18.1 Å². The number of rotatable bonds is 8. The molecule has 1 aromatic heterocycles. The molecule has 0 aliphatic carbocycles. The first-order valence-corrected chi connectivity index (χ1v) is 9.60. The summed E-state index contributed by atoms with van der Waals surface area (Å²) in [5.74, 6) is -0.105. The number of hydrogen-bond acceptors (Lipinski definition) is 6. The number of aliphatic hydroxyl groups excluding tert-OH is 1. The molecule has 2 N–H and O–H groups in total. The maximum absolute atomic E-state index is 11.8. The van der Waals surface area contributed by atoms with Crippen molar-refractivity contribution in [1.82, 2.24) is 19.7 Å². The second-order valence-corrected chi connectivity index (χ2v) is 7.45. The van der Waals surface area contributed by atoms with Crippen molar-refractivity contribution in [3.8, 4) is 5.75 Å². The smallest absolute Gasteiger partial charge is 0.312 e. The van der Waals surface area contributed by atoms with Crippen LogP contribution in [0.25, 0.3) is 0 Å². The zero-order valence-electron chi connectivity index (χ0n) is 16.4. The third-order valence-electron chi connectivity index (χ3n) is 5.62. The fourth-order valence-electron chi connectivity index (χ4n) is 4.07. The monoisotopic (exact) mass is 388 g/mol. The van der Waals surface area contributed by atoms with Crippen molar-refractivity contribution in [3.63, 3.8) is 0 Å². The van der Waals surface area contributed by atoms with Crippen molar-refractivity contribution in [2.24, 2.45) is 5.41 Å². The van der Waals surface area contributed by atoms with Gasteiger partial charge in [0.2, 0.25) is 0 Å². The average Bonchev–Trinajstić information content (AvgIpc) is 3.17. The number of nitrogens with zero attached hydrogens (tertiary/aromatic N) is 4. The van der Waals surface area contributed by atoms with E-state index < -0.39 is 17.5 Å². The van der Waals surface area contributed by atoms with E-state index in [0.717, 1.165) is 23.3 Å². The lowest BCUT2D eigenvalue weighted by Crippen LogP contribution is -2.54. The summed E-state index contributed by atoms with van der Waals surface area (Å²) < 4.78 is 7.19. The van der Waals surface area contributed by atoms with E-state index in [0.29, 0.717) is 39.0 Å². The fourth-order valence-corrected chi connectivity index (χ4v) is 4.07. The number of carboxylic acid groups (broad SMARTS) is 1. The van der Waals surface area contributed by atoms with Gasteiger partial charge in [-0.05, 0) is 37.1 Å². The van der Waals surface area contributed by atoms with Crippen molar-refractivity contribution in [2.75, 3.05) is 20.2 Å². The van der Waals surface area contributed by atoms with Gasteiger partial charge in [-0.2, -0.15) is 5.10 Å². The number of hydrogen-bond donors (Lipinski definition) is 2. The Hall–Kier alpha value is -2.45. The van der Waals surface area contributed by atoms with Gasteiger partial charge in [-0.25, -0.2) is 9.67 Å². The number of β-amino-alcohol motifs (C(OH)–C–C–N with tert-alkyl or cyclic N) is 1. The van der Waals surface area contributed by atoms with Crippen molar-refractivity contribution >= 4 is 5.97 Å². The molecule has 1 aromatic carbocycles. The van der Waals surface area contributed by atoms with Gasteiger partial charge in [0.05, 0.1) is 25.2 Å². The number of likely N-dealkylation sites (tertiary alicyclic amines) is 1. The predicted molar refractivity (Wildman–Crippen MR) is 103 cm³/mol. The first kappa shape index (κ1) is 20.3. The summed E-state index contributed by atoms with van der Waals surface area (Å²) in [4.78, 5) is 17.9. The van der Waals surface area contributed by atoms with E-state index in [1.165, 1.54) is 6.33 Å². The van der Waals surface area contributed by atoms with Gasteiger partial charge in [0.1, 0.15) is 18.4 Å². The Bertz CT molecular complexity index is 796. The van der Waals surface area contributed by atoms with Gasteiger partial charge in [-0.15, -0.1) is 0 Å². The molecule has 1 fully saturated rings.